The van der Waals surface area contributed by atoms with Crippen LogP contribution in [0.2, 0.25) is 0 Å². The summed E-state index contributed by atoms with van der Waals surface area (Å²) >= 11 is 0. The maximum Gasteiger partial charge on any atom is 0.241 e. The molecule has 7 heteroatoms. The van der Waals surface area contributed by atoms with Crippen LogP contribution in [-0.4, -0.2) is 32.7 Å². The molecule has 0 saturated carbocycles. The summed E-state index contributed by atoms with van der Waals surface area (Å²) in [7, 11) is -3.62. The van der Waals surface area contributed by atoms with Crippen LogP contribution in [0.1, 0.15) is 44.4 Å². The number of para-hydroxylation sites is 2. The lowest BCUT2D eigenvalue weighted by Gasteiger charge is -2.38. The summed E-state index contributed by atoms with van der Waals surface area (Å²) in [6.07, 6.45) is 2.39. The zero-order valence-electron chi connectivity index (χ0n) is 17.3. The third-order valence-electron chi connectivity index (χ3n) is 5.04. The number of ether oxygens (including phenoxy) is 1. The molecule has 0 unspecified atom stereocenters. The van der Waals surface area contributed by atoms with Crippen LogP contribution in [0.25, 0.3) is 0 Å². The molecule has 0 fully saturated rings. The molecule has 6 nitrogen and oxygen atoms in total. The van der Waals surface area contributed by atoms with E-state index in [0.717, 1.165) is 23.1 Å². The second kappa shape index (κ2) is 8.06. The van der Waals surface area contributed by atoms with Crippen molar-refractivity contribution in [2.75, 3.05) is 17.1 Å². The second-order valence-corrected chi connectivity index (χ2v) is 9.88. The molecule has 3 rings (SSSR count). The van der Waals surface area contributed by atoms with Crippen molar-refractivity contribution in [2.24, 2.45) is 0 Å². The van der Waals surface area contributed by atoms with Gasteiger partial charge in [-0.3, -0.25) is 9.10 Å². The minimum Gasteiger partial charge on any atom is -0.487 e. The molecule has 0 aromatic heterocycles. The van der Waals surface area contributed by atoms with Gasteiger partial charge in [0.05, 0.1) is 18.0 Å². The van der Waals surface area contributed by atoms with E-state index in [0.29, 0.717) is 18.5 Å². The summed E-state index contributed by atoms with van der Waals surface area (Å²) in [6, 6.07) is 14.6. The van der Waals surface area contributed by atoms with Gasteiger partial charge in [0.25, 0.3) is 0 Å². The fourth-order valence-electron chi connectivity index (χ4n) is 3.74. The SMILES string of the molecule is CCc1ccccc1N(CC(=O)N[C@@H]1CC(C)(C)Oc2ccccc21)S(C)(=O)=O. The molecule has 1 heterocycles. The Morgan fingerprint density at radius 2 is 1.83 bits per heavy atom. The van der Waals surface area contributed by atoms with Crippen molar-refractivity contribution < 1.29 is 17.9 Å². The highest BCUT2D eigenvalue weighted by Crippen LogP contribution is 2.39. The third-order valence-corrected chi connectivity index (χ3v) is 6.17. The van der Waals surface area contributed by atoms with Gasteiger partial charge in [0.1, 0.15) is 17.9 Å². The molecule has 2 aromatic carbocycles. The van der Waals surface area contributed by atoms with E-state index >= 15 is 0 Å². The molecule has 1 atom stereocenters. The first-order valence-corrected chi connectivity index (χ1v) is 11.6. The van der Waals surface area contributed by atoms with E-state index in [9.17, 15) is 13.2 Å². The van der Waals surface area contributed by atoms with Gasteiger partial charge in [-0.1, -0.05) is 43.3 Å². The van der Waals surface area contributed by atoms with Gasteiger partial charge in [0.15, 0.2) is 0 Å². The van der Waals surface area contributed by atoms with Crippen molar-refractivity contribution in [1.82, 2.24) is 5.32 Å². The number of hydrogen-bond donors (Lipinski definition) is 1. The highest BCUT2D eigenvalue weighted by molar-refractivity contribution is 7.92. The van der Waals surface area contributed by atoms with Crippen LogP contribution in [-0.2, 0) is 21.2 Å². The predicted molar refractivity (Wildman–Crippen MR) is 115 cm³/mol. The minimum absolute atomic E-state index is 0.245. The number of nitrogens with zero attached hydrogens (tertiary/aromatic N) is 1. The van der Waals surface area contributed by atoms with Crippen LogP contribution in [0.5, 0.6) is 5.75 Å². The van der Waals surface area contributed by atoms with Crippen LogP contribution in [0, 0.1) is 0 Å². The third kappa shape index (κ3) is 4.90. The van der Waals surface area contributed by atoms with Crippen molar-refractivity contribution in [1.29, 1.82) is 0 Å². The van der Waals surface area contributed by atoms with Gasteiger partial charge in [0, 0.05) is 12.0 Å². The first-order valence-electron chi connectivity index (χ1n) is 9.73. The minimum atomic E-state index is -3.62. The van der Waals surface area contributed by atoms with E-state index in [1.807, 2.05) is 57.2 Å². The predicted octanol–water partition coefficient (Wildman–Crippen LogP) is 3.43. The maximum absolute atomic E-state index is 12.9. The average Bonchev–Trinajstić information content (AvgIpc) is 2.64. The summed E-state index contributed by atoms with van der Waals surface area (Å²) in [5, 5.41) is 3.02. The summed E-state index contributed by atoms with van der Waals surface area (Å²) in [4.78, 5) is 12.9. The van der Waals surface area contributed by atoms with Crippen molar-refractivity contribution >= 4 is 21.6 Å². The second-order valence-electron chi connectivity index (χ2n) is 7.98. The first-order chi connectivity index (χ1) is 13.6. The molecule has 1 N–H and O–H groups in total. The molecule has 0 saturated heterocycles. The first kappa shape index (κ1) is 21.2. The molecule has 29 heavy (non-hydrogen) atoms. The lowest BCUT2D eigenvalue weighted by molar-refractivity contribution is -0.120. The summed E-state index contributed by atoms with van der Waals surface area (Å²) in [6.45, 7) is 5.64. The highest BCUT2D eigenvalue weighted by atomic mass is 32.2. The molecule has 1 aliphatic rings. The Labute approximate surface area is 172 Å². The van der Waals surface area contributed by atoms with Crippen LogP contribution in [0.15, 0.2) is 48.5 Å². The van der Waals surface area contributed by atoms with Crippen molar-refractivity contribution in [2.45, 2.75) is 45.3 Å². The smallest absolute Gasteiger partial charge is 0.241 e. The quantitative estimate of drug-likeness (QED) is 0.783. The molecule has 0 bridgehead atoms. The van der Waals surface area contributed by atoms with E-state index in [4.69, 9.17) is 4.74 Å². The molecule has 1 aliphatic heterocycles. The number of fused-ring (bicyclic) bond motifs is 1. The zero-order chi connectivity index (χ0) is 21.2. The van der Waals surface area contributed by atoms with Gasteiger partial charge in [-0.2, -0.15) is 0 Å². The standard InChI is InChI=1S/C22H28N2O4S/c1-5-16-10-6-8-12-19(16)24(29(4,26)27)15-21(25)23-18-14-22(2,3)28-20-13-9-7-11-17(18)20/h6-13,18H,5,14-15H2,1-4H3,(H,23,25)/t18-/m1/s1. The van der Waals surface area contributed by atoms with Crippen molar-refractivity contribution in [3.63, 3.8) is 0 Å². The Morgan fingerprint density at radius 3 is 2.52 bits per heavy atom. The fourth-order valence-corrected chi connectivity index (χ4v) is 4.62. The van der Waals surface area contributed by atoms with Crippen molar-refractivity contribution in [3.05, 3.63) is 59.7 Å². The fraction of sp³-hybridized carbons (Fsp3) is 0.409. The summed E-state index contributed by atoms with van der Waals surface area (Å²) in [5.74, 6) is 0.393. The highest BCUT2D eigenvalue weighted by Gasteiger charge is 2.35. The van der Waals surface area contributed by atoms with Crippen LogP contribution in [0.3, 0.4) is 0 Å². The van der Waals surface area contributed by atoms with Gasteiger partial charge in [-0.15, -0.1) is 0 Å². The number of carbonyl (C=O) groups excluding carboxylic acids is 1. The Hall–Kier alpha value is -2.54. The number of benzene rings is 2. The number of carbonyl (C=O) groups is 1. The number of aryl methyl sites for hydroxylation is 1. The lowest BCUT2D eigenvalue weighted by Crippen LogP contribution is -2.45. The molecular formula is C22H28N2O4S. The Balaban J connectivity index is 1.85. The monoisotopic (exact) mass is 416 g/mol. The van der Waals surface area contributed by atoms with E-state index in [1.54, 1.807) is 12.1 Å². The molecule has 0 spiro atoms. The molecule has 1 amide bonds. The normalized spacial score (nSPS) is 17.7. The zero-order valence-corrected chi connectivity index (χ0v) is 18.1. The summed E-state index contributed by atoms with van der Waals surface area (Å²) in [5.41, 5.74) is 1.89. The molecular weight excluding hydrogens is 388 g/mol. The number of anilines is 1. The Morgan fingerprint density at radius 1 is 1.17 bits per heavy atom. The van der Waals surface area contributed by atoms with Crippen LogP contribution in [0.4, 0.5) is 5.69 Å². The summed E-state index contributed by atoms with van der Waals surface area (Å²) < 4.78 is 32.1. The Bertz CT molecular complexity index is 1000. The molecule has 156 valence electrons. The van der Waals surface area contributed by atoms with Gasteiger partial charge in [-0.05, 0) is 38.0 Å². The van der Waals surface area contributed by atoms with E-state index in [-0.39, 0.29) is 18.5 Å². The number of sulfonamides is 1. The number of amides is 1. The average molecular weight is 417 g/mol. The van der Waals surface area contributed by atoms with E-state index in [1.165, 1.54) is 4.31 Å². The van der Waals surface area contributed by atoms with Gasteiger partial charge in [0.2, 0.25) is 15.9 Å². The molecule has 0 aliphatic carbocycles. The van der Waals surface area contributed by atoms with Gasteiger partial charge < -0.3 is 10.1 Å². The molecule has 0 radical (unpaired) electrons. The largest absolute Gasteiger partial charge is 0.487 e. The maximum atomic E-state index is 12.9. The lowest BCUT2D eigenvalue weighted by atomic mass is 9.89. The topological polar surface area (TPSA) is 75.7 Å². The number of nitrogens with one attached hydrogen (secondary N) is 1. The number of rotatable bonds is 6. The Kier molecular flexibility index (Phi) is 5.89. The van der Waals surface area contributed by atoms with E-state index in [2.05, 4.69) is 5.32 Å². The van der Waals surface area contributed by atoms with Crippen LogP contribution < -0.4 is 14.4 Å². The number of hydrogen-bond acceptors (Lipinski definition) is 4. The van der Waals surface area contributed by atoms with Gasteiger partial charge >= 0.3 is 0 Å². The van der Waals surface area contributed by atoms with E-state index < -0.39 is 15.6 Å². The molecule has 2 aromatic rings. The van der Waals surface area contributed by atoms with Crippen LogP contribution >= 0.6 is 0 Å². The van der Waals surface area contributed by atoms with Gasteiger partial charge in [-0.25, -0.2) is 8.42 Å². The van der Waals surface area contributed by atoms with Crippen molar-refractivity contribution in [3.8, 4) is 5.75 Å².